The van der Waals surface area contributed by atoms with Crippen LogP contribution in [0.2, 0.25) is 0 Å². The quantitative estimate of drug-likeness (QED) is 0.487. The van der Waals surface area contributed by atoms with E-state index in [0.29, 0.717) is 6.42 Å². The lowest BCUT2D eigenvalue weighted by Gasteiger charge is -2.08. The van der Waals surface area contributed by atoms with Crippen LogP contribution in [0.4, 0.5) is 4.79 Å². The molecule has 4 nitrogen and oxygen atoms in total. The summed E-state index contributed by atoms with van der Waals surface area (Å²) >= 11 is 0. The molecule has 0 aromatic rings. The van der Waals surface area contributed by atoms with Crippen LogP contribution in [0.15, 0.2) is 0 Å². The standard InChI is InChI=1S/C10H17NO3/c1-3-4-5-6-7-9(8-11)14-10(12)13-2/h9H,3-7H2,1-2H3/t9-/m0/s1. The molecule has 0 heterocycles. The SMILES string of the molecule is CCCCCC[C@@H](C#N)OC(=O)OC. The number of carbonyl (C=O) groups excluding carboxylic acids is 1. The molecule has 0 saturated carbocycles. The van der Waals surface area contributed by atoms with Gasteiger partial charge in [-0.05, 0) is 12.8 Å². The summed E-state index contributed by atoms with van der Waals surface area (Å²) in [5.41, 5.74) is 0. The molecule has 14 heavy (non-hydrogen) atoms. The number of methoxy groups -OCH3 is 1. The summed E-state index contributed by atoms with van der Waals surface area (Å²) in [6.07, 6.45) is 3.41. The largest absolute Gasteiger partial charge is 0.509 e. The van der Waals surface area contributed by atoms with Crippen LogP contribution in [-0.4, -0.2) is 19.4 Å². The Bertz CT molecular complexity index is 198. The lowest BCUT2D eigenvalue weighted by atomic mass is 10.1. The molecule has 0 aliphatic rings. The molecule has 0 aliphatic carbocycles. The van der Waals surface area contributed by atoms with Crippen molar-refractivity contribution in [1.82, 2.24) is 0 Å². The average Bonchev–Trinajstić information content (AvgIpc) is 2.22. The molecule has 0 spiro atoms. The van der Waals surface area contributed by atoms with Gasteiger partial charge in [-0.1, -0.05) is 26.2 Å². The highest BCUT2D eigenvalue weighted by molar-refractivity contribution is 5.60. The first-order valence-corrected chi connectivity index (χ1v) is 4.88. The van der Waals surface area contributed by atoms with Crippen LogP contribution in [-0.2, 0) is 9.47 Å². The minimum atomic E-state index is -0.785. The molecule has 0 bridgehead atoms. The Morgan fingerprint density at radius 1 is 1.43 bits per heavy atom. The maximum absolute atomic E-state index is 10.7. The van der Waals surface area contributed by atoms with Crippen molar-refractivity contribution in [3.05, 3.63) is 0 Å². The van der Waals surface area contributed by atoms with Crippen molar-refractivity contribution in [3.63, 3.8) is 0 Å². The Hall–Kier alpha value is -1.24. The summed E-state index contributed by atoms with van der Waals surface area (Å²) in [6.45, 7) is 2.12. The predicted molar refractivity (Wildman–Crippen MR) is 51.7 cm³/mol. The number of hydrogen-bond donors (Lipinski definition) is 0. The summed E-state index contributed by atoms with van der Waals surface area (Å²) in [6, 6.07) is 1.92. The van der Waals surface area contributed by atoms with Crippen molar-refractivity contribution in [2.45, 2.75) is 45.1 Å². The zero-order chi connectivity index (χ0) is 10.8. The van der Waals surface area contributed by atoms with E-state index in [4.69, 9.17) is 10.00 Å². The van der Waals surface area contributed by atoms with Gasteiger partial charge in [0.1, 0.15) is 6.07 Å². The van der Waals surface area contributed by atoms with Gasteiger partial charge in [0.2, 0.25) is 0 Å². The zero-order valence-electron chi connectivity index (χ0n) is 8.78. The summed E-state index contributed by atoms with van der Waals surface area (Å²) in [7, 11) is 1.23. The van der Waals surface area contributed by atoms with Gasteiger partial charge in [0, 0.05) is 0 Å². The molecule has 0 rings (SSSR count). The van der Waals surface area contributed by atoms with Gasteiger partial charge in [0.25, 0.3) is 0 Å². The van der Waals surface area contributed by atoms with Crippen LogP contribution in [0.5, 0.6) is 0 Å². The van der Waals surface area contributed by atoms with Crippen LogP contribution in [0.1, 0.15) is 39.0 Å². The monoisotopic (exact) mass is 199 g/mol. The van der Waals surface area contributed by atoms with E-state index in [0.717, 1.165) is 25.7 Å². The Morgan fingerprint density at radius 2 is 2.14 bits per heavy atom. The molecular weight excluding hydrogens is 182 g/mol. The van der Waals surface area contributed by atoms with Gasteiger partial charge < -0.3 is 9.47 Å². The molecule has 0 fully saturated rings. The third-order valence-electron chi connectivity index (χ3n) is 1.87. The molecule has 0 saturated heterocycles. The van der Waals surface area contributed by atoms with E-state index in [1.165, 1.54) is 7.11 Å². The molecule has 0 aliphatic heterocycles. The van der Waals surface area contributed by atoms with Gasteiger partial charge in [-0.25, -0.2) is 4.79 Å². The minimum Gasteiger partial charge on any atom is -0.438 e. The molecule has 1 atom stereocenters. The highest BCUT2D eigenvalue weighted by atomic mass is 16.7. The van der Waals surface area contributed by atoms with E-state index < -0.39 is 12.3 Å². The number of carbonyl (C=O) groups is 1. The number of nitrogens with zero attached hydrogens (tertiary/aromatic N) is 1. The van der Waals surface area contributed by atoms with Gasteiger partial charge in [-0.15, -0.1) is 0 Å². The summed E-state index contributed by atoms with van der Waals surface area (Å²) < 4.78 is 9.00. The van der Waals surface area contributed by atoms with E-state index in [9.17, 15) is 4.79 Å². The van der Waals surface area contributed by atoms with Gasteiger partial charge in [-0.2, -0.15) is 5.26 Å². The molecule has 0 amide bonds. The van der Waals surface area contributed by atoms with Crippen molar-refractivity contribution in [3.8, 4) is 6.07 Å². The van der Waals surface area contributed by atoms with E-state index in [2.05, 4.69) is 11.7 Å². The van der Waals surface area contributed by atoms with Crippen molar-refractivity contribution < 1.29 is 14.3 Å². The second-order valence-corrected chi connectivity index (χ2v) is 3.04. The van der Waals surface area contributed by atoms with Gasteiger partial charge >= 0.3 is 6.16 Å². The molecule has 80 valence electrons. The van der Waals surface area contributed by atoms with Crippen molar-refractivity contribution >= 4 is 6.16 Å². The summed E-state index contributed by atoms with van der Waals surface area (Å²) in [4.78, 5) is 10.7. The van der Waals surface area contributed by atoms with Gasteiger partial charge in [0.05, 0.1) is 7.11 Å². The van der Waals surface area contributed by atoms with E-state index in [1.807, 2.05) is 6.07 Å². The first-order valence-electron chi connectivity index (χ1n) is 4.88. The van der Waals surface area contributed by atoms with Gasteiger partial charge in [-0.3, -0.25) is 0 Å². The second kappa shape index (κ2) is 8.36. The minimum absolute atomic E-state index is 0.589. The smallest absolute Gasteiger partial charge is 0.438 e. The topological polar surface area (TPSA) is 59.3 Å². The van der Waals surface area contributed by atoms with Crippen molar-refractivity contribution in [1.29, 1.82) is 5.26 Å². The molecule has 0 unspecified atom stereocenters. The number of unbranched alkanes of at least 4 members (excludes halogenated alkanes) is 3. The summed E-state index contributed by atoms with van der Waals surface area (Å²) in [5.74, 6) is 0. The fourth-order valence-electron chi connectivity index (χ4n) is 1.07. The first kappa shape index (κ1) is 12.8. The number of hydrogen-bond acceptors (Lipinski definition) is 4. The molecule has 4 heteroatoms. The number of nitriles is 1. The average molecular weight is 199 g/mol. The third kappa shape index (κ3) is 6.30. The predicted octanol–water partition coefficient (Wildman–Crippen LogP) is 2.63. The Morgan fingerprint density at radius 3 is 2.64 bits per heavy atom. The fraction of sp³-hybridized carbons (Fsp3) is 0.800. The molecule has 0 aromatic heterocycles. The first-order chi connectivity index (χ1) is 6.74. The Balaban J connectivity index is 3.59. The van der Waals surface area contributed by atoms with Crippen molar-refractivity contribution in [2.75, 3.05) is 7.11 Å². The molecule has 0 N–H and O–H groups in total. The highest BCUT2D eigenvalue weighted by Crippen LogP contribution is 2.08. The lowest BCUT2D eigenvalue weighted by Crippen LogP contribution is -2.16. The maximum atomic E-state index is 10.7. The zero-order valence-corrected chi connectivity index (χ0v) is 8.78. The van der Waals surface area contributed by atoms with Crippen LogP contribution in [0.25, 0.3) is 0 Å². The van der Waals surface area contributed by atoms with E-state index in [1.54, 1.807) is 0 Å². The Labute approximate surface area is 84.8 Å². The van der Waals surface area contributed by atoms with Crippen LogP contribution >= 0.6 is 0 Å². The third-order valence-corrected chi connectivity index (χ3v) is 1.87. The molecular formula is C10H17NO3. The van der Waals surface area contributed by atoms with Crippen LogP contribution in [0, 0.1) is 11.3 Å². The number of ether oxygens (including phenoxy) is 2. The Kier molecular flexibility index (Phi) is 7.62. The fourth-order valence-corrected chi connectivity index (χ4v) is 1.07. The van der Waals surface area contributed by atoms with Crippen molar-refractivity contribution in [2.24, 2.45) is 0 Å². The van der Waals surface area contributed by atoms with E-state index in [-0.39, 0.29) is 0 Å². The highest BCUT2D eigenvalue weighted by Gasteiger charge is 2.12. The van der Waals surface area contributed by atoms with Gasteiger partial charge in [0.15, 0.2) is 6.10 Å². The molecule has 0 aromatic carbocycles. The summed E-state index contributed by atoms with van der Waals surface area (Å²) in [5, 5.41) is 8.64. The van der Waals surface area contributed by atoms with Crippen LogP contribution in [0.3, 0.4) is 0 Å². The second-order valence-electron chi connectivity index (χ2n) is 3.04. The lowest BCUT2D eigenvalue weighted by molar-refractivity contribution is 0.0515. The maximum Gasteiger partial charge on any atom is 0.509 e. The normalized spacial score (nSPS) is 11.5. The number of rotatable bonds is 6. The molecule has 0 radical (unpaired) electrons. The van der Waals surface area contributed by atoms with E-state index >= 15 is 0 Å². The van der Waals surface area contributed by atoms with Crippen LogP contribution < -0.4 is 0 Å².